The highest BCUT2D eigenvalue weighted by Crippen LogP contribution is 2.34. The molecule has 0 unspecified atom stereocenters. The molecule has 0 atom stereocenters. The summed E-state index contributed by atoms with van der Waals surface area (Å²) in [6.07, 6.45) is 0. The maximum atomic E-state index is 5.96. The molecule has 8 nitrogen and oxygen atoms in total. The SMILES string of the molecule is COc1cccc(CN(C)Cc2nnc(-c3c(-c4ccccc4)noc3C)o2)c1OC. The van der Waals surface area contributed by atoms with E-state index in [1.165, 1.54) is 0 Å². The molecule has 0 spiro atoms. The van der Waals surface area contributed by atoms with Gasteiger partial charge in [0.05, 0.1) is 20.8 Å². The Balaban J connectivity index is 1.53. The molecule has 2 aromatic carbocycles. The highest BCUT2D eigenvalue weighted by Gasteiger charge is 2.22. The number of methoxy groups -OCH3 is 2. The number of hydrogen-bond acceptors (Lipinski definition) is 8. The molecule has 0 radical (unpaired) electrons. The van der Waals surface area contributed by atoms with Crippen molar-refractivity contribution in [2.75, 3.05) is 21.3 Å². The zero-order valence-electron chi connectivity index (χ0n) is 18.0. The summed E-state index contributed by atoms with van der Waals surface area (Å²) >= 11 is 0. The quantitative estimate of drug-likeness (QED) is 0.416. The van der Waals surface area contributed by atoms with Crippen LogP contribution in [0.2, 0.25) is 0 Å². The van der Waals surface area contributed by atoms with E-state index in [9.17, 15) is 0 Å². The van der Waals surface area contributed by atoms with E-state index in [4.69, 9.17) is 18.4 Å². The van der Waals surface area contributed by atoms with Crippen molar-refractivity contribution in [1.29, 1.82) is 0 Å². The molecule has 0 aliphatic carbocycles. The fourth-order valence-corrected chi connectivity index (χ4v) is 3.49. The van der Waals surface area contributed by atoms with Gasteiger partial charge >= 0.3 is 0 Å². The molecule has 0 saturated carbocycles. The number of para-hydroxylation sites is 1. The normalized spacial score (nSPS) is 11.1. The van der Waals surface area contributed by atoms with Crippen LogP contribution < -0.4 is 9.47 Å². The molecule has 0 aliphatic rings. The molecule has 0 saturated heterocycles. The van der Waals surface area contributed by atoms with Crippen molar-refractivity contribution in [1.82, 2.24) is 20.3 Å². The van der Waals surface area contributed by atoms with E-state index in [2.05, 4.69) is 20.3 Å². The van der Waals surface area contributed by atoms with Gasteiger partial charge in [-0.2, -0.15) is 0 Å². The summed E-state index contributed by atoms with van der Waals surface area (Å²) in [7, 11) is 5.24. The highest BCUT2D eigenvalue weighted by molar-refractivity contribution is 5.77. The summed E-state index contributed by atoms with van der Waals surface area (Å²) in [6, 6.07) is 15.6. The molecule has 2 aromatic heterocycles. The lowest BCUT2D eigenvalue weighted by Crippen LogP contribution is -2.18. The molecule has 0 N–H and O–H groups in total. The van der Waals surface area contributed by atoms with E-state index in [-0.39, 0.29) is 0 Å². The van der Waals surface area contributed by atoms with Crippen LogP contribution in [-0.2, 0) is 13.1 Å². The smallest absolute Gasteiger partial charge is 0.253 e. The summed E-state index contributed by atoms with van der Waals surface area (Å²) in [6.45, 7) is 2.93. The van der Waals surface area contributed by atoms with Gasteiger partial charge in [0, 0.05) is 17.7 Å². The molecule has 0 fully saturated rings. The van der Waals surface area contributed by atoms with Gasteiger partial charge in [-0.25, -0.2) is 0 Å². The van der Waals surface area contributed by atoms with Crippen LogP contribution in [0.1, 0.15) is 17.2 Å². The summed E-state index contributed by atoms with van der Waals surface area (Å²) in [4.78, 5) is 2.06. The third-order valence-electron chi connectivity index (χ3n) is 4.92. The predicted octanol–water partition coefficient (Wildman–Crippen LogP) is 4.35. The average Bonchev–Trinajstić information content (AvgIpc) is 3.40. The second-order valence-electron chi connectivity index (χ2n) is 7.15. The Bertz CT molecular complexity index is 1150. The van der Waals surface area contributed by atoms with Crippen LogP contribution in [0.3, 0.4) is 0 Å². The van der Waals surface area contributed by atoms with Gasteiger partial charge in [0.25, 0.3) is 5.89 Å². The first-order valence-corrected chi connectivity index (χ1v) is 9.83. The van der Waals surface area contributed by atoms with Crippen molar-refractivity contribution in [3.8, 4) is 34.2 Å². The van der Waals surface area contributed by atoms with Gasteiger partial charge in [0.2, 0.25) is 5.89 Å². The van der Waals surface area contributed by atoms with Crippen LogP contribution >= 0.6 is 0 Å². The maximum Gasteiger partial charge on any atom is 0.253 e. The van der Waals surface area contributed by atoms with E-state index in [1.807, 2.05) is 62.5 Å². The van der Waals surface area contributed by atoms with E-state index < -0.39 is 0 Å². The molecular weight excluding hydrogens is 396 g/mol. The third-order valence-corrected chi connectivity index (χ3v) is 4.92. The van der Waals surface area contributed by atoms with E-state index in [0.717, 1.165) is 16.9 Å². The second-order valence-corrected chi connectivity index (χ2v) is 7.15. The third kappa shape index (κ3) is 4.29. The maximum absolute atomic E-state index is 5.96. The number of nitrogens with zero attached hydrogens (tertiary/aromatic N) is 4. The monoisotopic (exact) mass is 420 g/mol. The molecule has 0 amide bonds. The number of ether oxygens (including phenoxy) is 2. The number of aromatic nitrogens is 3. The largest absolute Gasteiger partial charge is 0.493 e. The molecule has 4 rings (SSSR count). The first-order valence-electron chi connectivity index (χ1n) is 9.83. The zero-order valence-corrected chi connectivity index (χ0v) is 18.0. The van der Waals surface area contributed by atoms with E-state index >= 15 is 0 Å². The van der Waals surface area contributed by atoms with Crippen LogP contribution in [0, 0.1) is 6.92 Å². The van der Waals surface area contributed by atoms with Crippen LogP contribution in [-0.4, -0.2) is 41.5 Å². The van der Waals surface area contributed by atoms with Crippen LogP contribution in [0.5, 0.6) is 11.5 Å². The molecule has 4 aromatic rings. The molecule has 31 heavy (non-hydrogen) atoms. The second kappa shape index (κ2) is 9.01. The molecular formula is C23H24N4O4. The number of aryl methyl sites for hydroxylation is 1. The Hall–Kier alpha value is -3.65. The Kier molecular flexibility index (Phi) is 5.99. The minimum Gasteiger partial charge on any atom is -0.493 e. The van der Waals surface area contributed by atoms with Gasteiger partial charge in [-0.05, 0) is 20.0 Å². The molecule has 160 valence electrons. The number of rotatable bonds is 8. The van der Waals surface area contributed by atoms with Crippen molar-refractivity contribution in [3.05, 3.63) is 65.7 Å². The average molecular weight is 420 g/mol. The van der Waals surface area contributed by atoms with Gasteiger partial charge < -0.3 is 18.4 Å². The summed E-state index contributed by atoms with van der Waals surface area (Å²) in [5.74, 6) is 2.93. The lowest BCUT2D eigenvalue weighted by molar-refractivity contribution is 0.275. The topological polar surface area (TPSA) is 86.7 Å². The summed E-state index contributed by atoms with van der Waals surface area (Å²) < 4.78 is 22.3. The highest BCUT2D eigenvalue weighted by atomic mass is 16.5. The first-order chi connectivity index (χ1) is 15.1. The zero-order chi connectivity index (χ0) is 21.8. The van der Waals surface area contributed by atoms with Gasteiger partial charge in [-0.1, -0.05) is 47.6 Å². The van der Waals surface area contributed by atoms with Crippen LogP contribution in [0.15, 0.2) is 57.5 Å². The standard InChI is InChI=1S/C23H24N4O4/c1-15-20(21(26-31-15)16-9-6-5-7-10-16)23-25-24-19(30-23)14-27(2)13-17-11-8-12-18(28-3)22(17)29-4/h5-12H,13-14H2,1-4H3. The van der Waals surface area contributed by atoms with Gasteiger partial charge in [-0.3, -0.25) is 4.90 Å². The summed E-state index contributed by atoms with van der Waals surface area (Å²) in [5.41, 5.74) is 3.33. The molecule has 0 aliphatic heterocycles. The minimum absolute atomic E-state index is 0.389. The molecule has 2 heterocycles. The number of benzene rings is 2. The lowest BCUT2D eigenvalue weighted by Gasteiger charge is -2.18. The predicted molar refractivity (Wildman–Crippen MR) is 115 cm³/mol. The molecule has 8 heteroatoms. The van der Waals surface area contributed by atoms with E-state index in [0.29, 0.717) is 47.6 Å². The van der Waals surface area contributed by atoms with Gasteiger partial charge in [0.15, 0.2) is 11.5 Å². The minimum atomic E-state index is 0.389. The Morgan fingerprint density at radius 1 is 0.935 bits per heavy atom. The van der Waals surface area contributed by atoms with E-state index in [1.54, 1.807) is 14.2 Å². The lowest BCUT2D eigenvalue weighted by atomic mass is 10.1. The van der Waals surface area contributed by atoms with Crippen molar-refractivity contribution in [2.45, 2.75) is 20.0 Å². The fourth-order valence-electron chi connectivity index (χ4n) is 3.49. The van der Waals surface area contributed by atoms with Gasteiger partial charge in [0.1, 0.15) is 17.0 Å². The summed E-state index contributed by atoms with van der Waals surface area (Å²) in [5, 5.41) is 12.6. The Labute approximate surface area is 180 Å². The van der Waals surface area contributed by atoms with Gasteiger partial charge in [-0.15, -0.1) is 10.2 Å². The van der Waals surface area contributed by atoms with Crippen molar-refractivity contribution >= 4 is 0 Å². The van der Waals surface area contributed by atoms with Crippen LogP contribution in [0.25, 0.3) is 22.7 Å². The number of hydrogen-bond donors (Lipinski definition) is 0. The van der Waals surface area contributed by atoms with Crippen molar-refractivity contribution in [2.24, 2.45) is 0 Å². The van der Waals surface area contributed by atoms with Crippen molar-refractivity contribution in [3.63, 3.8) is 0 Å². The van der Waals surface area contributed by atoms with Crippen molar-refractivity contribution < 1.29 is 18.4 Å². The Morgan fingerprint density at radius 2 is 1.74 bits per heavy atom. The molecule has 0 bridgehead atoms. The fraction of sp³-hybridized carbons (Fsp3) is 0.261. The van der Waals surface area contributed by atoms with Crippen LogP contribution in [0.4, 0.5) is 0 Å². The first kappa shape index (κ1) is 20.6. The Morgan fingerprint density at radius 3 is 2.48 bits per heavy atom.